The SMILES string of the molecule is Cc1ccsc1C(Cl)c1ccc2oc3ccccc3c2c1. The summed E-state index contributed by atoms with van der Waals surface area (Å²) in [6.45, 7) is 2.10. The molecule has 0 radical (unpaired) electrons. The molecule has 0 saturated heterocycles. The van der Waals surface area contributed by atoms with E-state index >= 15 is 0 Å². The molecule has 4 aromatic rings. The lowest BCUT2D eigenvalue weighted by Gasteiger charge is -2.09. The molecule has 0 spiro atoms. The Kier molecular flexibility index (Phi) is 3.02. The third-order valence-corrected chi connectivity index (χ3v) is 5.51. The summed E-state index contributed by atoms with van der Waals surface area (Å²) in [5, 5.41) is 4.25. The van der Waals surface area contributed by atoms with E-state index < -0.39 is 0 Å². The van der Waals surface area contributed by atoms with Gasteiger partial charge in [-0.2, -0.15) is 0 Å². The van der Waals surface area contributed by atoms with E-state index in [1.165, 1.54) is 10.4 Å². The predicted molar refractivity (Wildman–Crippen MR) is 90.5 cm³/mol. The molecule has 0 amide bonds. The molecule has 4 rings (SSSR count). The Hall–Kier alpha value is -1.77. The minimum atomic E-state index is -0.108. The quantitative estimate of drug-likeness (QED) is 0.397. The summed E-state index contributed by atoms with van der Waals surface area (Å²) in [5.41, 5.74) is 4.19. The van der Waals surface area contributed by atoms with Crippen molar-refractivity contribution < 1.29 is 4.42 Å². The highest BCUT2D eigenvalue weighted by Crippen LogP contribution is 2.37. The van der Waals surface area contributed by atoms with E-state index in [9.17, 15) is 0 Å². The van der Waals surface area contributed by atoms with Gasteiger partial charge in [0.25, 0.3) is 0 Å². The van der Waals surface area contributed by atoms with Crippen molar-refractivity contribution in [3.63, 3.8) is 0 Å². The maximum Gasteiger partial charge on any atom is 0.135 e. The van der Waals surface area contributed by atoms with Crippen LogP contribution in [0.25, 0.3) is 21.9 Å². The number of aryl methyl sites for hydroxylation is 1. The second kappa shape index (κ2) is 4.90. The number of halogens is 1. The molecular weight excluding hydrogens is 300 g/mol. The van der Waals surface area contributed by atoms with Crippen LogP contribution in [0.2, 0.25) is 0 Å². The molecule has 2 aromatic carbocycles. The molecule has 1 nitrogen and oxygen atoms in total. The molecule has 0 aliphatic rings. The lowest BCUT2D eigenvalue weighted by molar-refractivity contribution is 0.669. The zero-order valence-corrected chi connectivity index (χ0v) is 13.0. The van der Waals surface area contributed by atoms with Gasteiger partial charge in [-0.25, -0.2) is 0 Å². The Morgan fingerprint density at radius 3 is 2.62 bits per heavy atom. The average Bonchev–Trinajstić information content (AvgIpc) is 3.09. The van der Waals surface area contributed by atoms with Crippen LogP contribution in [0.15, 0.2) is 58.3 Å². The summed E-state index contributed by atoms with van der Waals surface area (Å²) in [7, 11) is 0. The first-order valence-electron chi connectivity index (χ1n) is 6.83. The van der Waals surface area contributed by atoms with Crippen molar-refractivity contribution in [3.8, 4) is 0 Å². The highest BCUT2D eigenvalue weighted by molar-refractivity contribution is 7.10. The zero-order chi connectivity index (χ0) is 14.4. The van der Waals surface area contributed by atoms with E-state index in [0.717, 1.165) is 27.5 Å². The number of thiophene rings is 1. The minimum absolute atomic E-state index is 0.108. The van der Waals surface area contributed by atoms with E-state index in [4.69, 9.17) is 16.0 Å². The highest BCUT2D eigenvalue weighted by atomic mass is 35.5. The average molecular weight is 313 g/mol. The van der Waals surface area contributed by atoms with Gasteiger partial charge >= 0.3 is 0 Å². The Morgan fingerprint density at radius 1 is 1.00 bits per heavy atom. The number of furan rings is 1. The lowest BCUT2D eigenvalue weighted by Crippen LogP contribution is -1.91. The smallest absolute Gasteiger partial charge is 0.135 e. The van der Waals surface area contributed by atoms with Gasteiger partial charge < -0.3 is 4.42 Å². The van der Waals surface area contributed by atoms with Gasteiger partial charge in [-0.05, 0) is 47.7 Å². The predicted octanol–water partition coefficient (Wildman–Crippen LogP) is 6.28. The number of hydrogen-bond acceptors (Lipinski definition) is 2. The van der Waals surface area contributed by atoms with Crippen LogP contribution in [0, 0.1) is 6.92 Å². The van der Waals surface area contributed by atoms with Gasteiger partial charge in [-0.1, -0.05) is 24.3 Å². The van der Waals surface area contributed by atoms with Gasteiger partial charge in [-0.3, -0.25) is 0 Å². The molecule has 2 heterocycles. The minimum Gasteiger partial charge on any atom is -0.456 e. The van der Waals surface area contributed by atoms with E-state index in [-0.39, 0.29) is 5.38 Å². The lowest BCUT2D eigenvalue weighted by atomic mass is 10.0. The number of alkyl halides is 1. The molecule has 0 bridgehead atoms. The molecule has 0 saturated carbocycles. The topological polar surface area (TPSA) is 13.1 Å². The van der Waals surface area contributed by atoms with Crippen molar-refractivity contribution in [1.29, 1.82) is 0 Å². The van der Waals surface area contributed by atoms with Crippen molar-refractivity contribution in [2.45, 2.75) is 12.3 Å². The van der Waals surface area contributed by atoms with E-state index in [0.29, 0.717) is 0 Å². The third kappa shape index (κ3) is 2.06. The first-order valence-corrected chi connectivity index (χ1v) is 8.15. The first-order chi connectivity index (χ1) is 10.2. The second-order valence-electron chi connectivity index (χ2n) is 5.18. The fourth-order valence-corrected chi connectivity index (χ4v) is 4.09. The number of rotatable bonds is 2. The van der Waals surface area contributed by atoms with Crippen LogP contribution in [-0.2, 0) is 0 Å². The molecular formula is C18H13ClOS. The van der Waals surface area contributed by atoms with Crippen molar-refractivity contribution in [2.24, 2.45) is 0 Å². The van der Waals surface area contributed by atoms with Crippen LogP contribution in [-0.4, -0.2) is 0 Å². The van der Waals surface area contributed by atoms with E-state index in [1.54, 1.807) is 11.3 Å². The van der Waals surface area contributed by atoms with E-state index in [1.807, 2.05) is 24.3 Å². The summed E-state index contributed by atoms with van der Waals surface area (Å²) in [6, 6.07) is 16.4. The van der Waals surface area contributed by atoms with Gasteiger partial charge in [0, 0.05) is 15.6 Å². The molecule has 21 heavy (non-hydrogen) atoms. The number of fused-ring (bicyclic) bond motifs is 3. The van der Waals surface area contributed by atoms with Crippen LogP contribution < -0.4 is 0 Å². The van der Waals surface area contributed by atoms with Gasteiger partial charge in [0.05, 0.1) is 5.38 Å². The zero-order valence-electron chi connectivity index (χ0n) is 11.5. The van der Waals surface area contributed by atoms with Gasteiger partial charge in [0.1, 0.15) is 11.2 Å². The fraction of sp³-hybridized carbons (Fsp3) is 0.111. The van der Waals surface area contributed by atoms with Gasteiger partial charge in [-0.15, -0.1) is 22.9 Å². The van der Waals surface area contributed by atoms with Crippen LogP contribution in [0.1, 0.15) is 21.4 Å². The number of para-hydroxylation sites is 1. The summed E-state index contributed by atoms with van der Waals surface area (Å²) >= 11 is 8.38. The number of benzene rings is 2. The van der Waals surface area contributed by atoms with Crippen LogP contribution >= 0.6 is 22.9 Å². The fourth-order valence-electron chi connectivity index (χ4n) is 2.70. The summed E-state index contributed by atoms with van der Waals surface area (Å²) < 4.78 is 5.86. The summed E-state index contributed by atoms with van der Waals surface area (Å²) in [5.74, 6) is 0. The van der Waals surface area contributed by atoms with Crippen molar-refractivity contribution in [2.75, 3.05) is 0 Å². The molecule has 2 aromatic heterocycles. The molecule has 3 heteroatoms. The molecule has 0 aliphatic heterocycles. The van der Waals surface area contributed by atoms with Gasteiger partial charge in [0.2, 0.25) is 0 Å². The van der Waals surface area contributed by atoms with Crippen LogP contribution in [0.5, 0.6) is 0 Å². The van der Waals surface area contributed by atoms with Crippen LogP contribution in [0.4, 0.5) is 0 Å². The Labute approximate surface area is 131 Å². The molecule has 0 aliphatic carbocycles. The van der Waals surface area contributed by atoms with Crippen molar-refractivity contribution >= 4 is 44.9 Å². The van der Waals surface area contributed by atoms with Crippen molar-refractivity contribution in [3.05, 3.63) is 69.9 Å². The normalized spacial score (nSPS) is 13.0. The first kappa shape index (κ1) is 12.9. The second-order valence-corrected chi connectivity index (χ2v) is 6.57. The summed E-state index contributed by atoms with van der Waals surface area (Å²) in [6.07, 6.45) is 0. The van der Waals surface area contributed by atoms with Gasteiger partial charge in [0.15, 0.2) is 0 Å². The Bertz CT molecular complexity index is 935. The molecule has 1 unspecified atom stereocenters. The maximum atomic E-state index is 6.68. The van der Waals surface area contributed by atoms with Crippen LogP contribution in [0.3, 0.4) is 0 Å². The monoisotopic (exact) mass is 312 g/mol. The third-order valence-electron chi connectivity index (χ3n) is 3.83. The molecule has 1 atom stereocenters. The highest BCUT2D eigenvalue weighted by Gasteiger charge is 2.16. The molecule has 0 N–H and O–H groups in total. The standard InChI is InChI=1S/C18H13ClOS/c1-11-8-9-21-18(11)17(19)12-6-7-16-14(10-12)13-4-2-3-5-15(13)20-16/h2-10,17H,1H3. The largest absolute Gasteiger partial charge is 0.456 e. The summed E-state index contributed by atoms with van der Waals surface area (Å²) in [4.78, 5) is 1.21. The molecule has 104 valence electrons. The van der Waals surface area contributed by atoms with Crippen molar-refractivity contribution in [1.82, 2.24) is 0 Å². The maximum absolute atomic E-state index is 6.68. The Morgan fingerprint density at radius 2 is 1.81 bits per heavy atom. The Balaban J connectivity index is 1.90. The number of hydrogen-bond donors (Lipinski definition) is 0. The van der Waals surface area contributed by atoms with E-state index in [2.05, 4.69) is 36.6 Å². The molecule has 0 fully saturated rings.